The quantitative estimate of drug-likeness (QED) is 0.359. The number of thiazole rings is 1. The van der Waals surface area contributed by atoms with Gasteiger partial charge in [0.15, 0.2) is 11.0 Å². The normalized spacial score (nSPS) is 11.6. The maximum Gasteiger partial charge on any atom is 0.321 e. The molecule has 9 nitrogen and oxygen atoms in total. The highest BCUT2D eigenvalue weighted by molar-refractivity contribution is 7.22. The number of amides is 2. The van der Waals surface area contributed by atoms with Crippen LogP contribution in [0, 0.1) is 0 Å². The van der Waals surface area contributed by atoms with Crippen molar-refractivity contribution in [2.24, 2.45) is 0 Å². The largest absolute Gasteiger partial charge is 0.380 e. The van der Waals surface area contributed by atoms with Gasteiger partial charge in [0.25, 0.3) is 0 Å². The number of alkyl halides is 1. The molecule has 0 unspecified atom stereocenters. The van der Waals surface area contributed by atoms with Gasteiger partial charge in [-0.3, -0.25) is 10.3 Å². The summed E-state index contributed by atoms with van der Waals surface area (Å²) in [6.45, 7) is 3.56. The van der Waals surface area contributed by atoms with Crippen molar-refractivity contribution in [1.82, 2.24) is 25.4 Å². The van der Waals surface area contributed by atoms with E-state index in [1.807, 2.05) is 24.3 Å². The van der Waals surface area contributed by atoms with Crippen LogP contribution in [0.4, 0.5) is 14.3 Å². The molecule has 2 N–H and O–H groups in total. The third kappa shape index (κ3) is 5.54. The number of halogens is 1. The first-order valence-electron chi connectivity index (χ1n) is 10.7. The second-order valence-corrected chi connectivity index (χ2v) is 9.41. The number of carbonyl (C=O) groups is 1. The van der Waals surface area contributed by atoms with E-state index < -0.39 is 12.1 Å². The number of hydrogen-bond donors (Lipinski definition) is 2. The number of urea groups is 1. The topological polar surface area (TPSA) is 115 Å². The number of hydrogen-bond acceptors (Lipinski definition) is 8. The van der Waals surface area contributed by atoms with Gasteiger partial charge in [0.05, 0.1) is 22.2 Å². The van der Waals surface area contributed by atoms with Crippen LogP contribution < -0.4 is 10.6 Å². The van der Waals surface area contributed by atoms with Gasteiger partial charge in [-0.05, 0) is 43.2 Å². The van der Waals surface area contributed by atoms with Gasteiger partial charge >= 0.3 is 6.03 Å². The molecule has 1 aromatic carbocycles. The van der Waals surface area contributed by atoms with Gasteiger partial charge in [-0.15, -0.1) is 0 Å². The Morgan fingerprint density at radius 3 is 2.85 bits per heavy atom. The molecule has 0 atom stereocenters. The van der Waals surface area contributed by atoms with Crippen LogP contribution >= 0.6 is 11.3 Å². The number of nitrogens with one attached hydrogen (secondary N) is 2. The van der Waals surface area contributed by atoms with Gasteiger partial charge in [-0.1, -0.05) is 22.6 Å². The zero-order chi connectivity index (χ0) is 24.1. The summed E-state index contributed by atoms with van der Waals surface area (Å²) >= 11 is 1.38. The number of methoxy groups -OCH3 is 1. The van der Waals surface area contributed by atoms with Crippen LogP contribution in [0.15, 0.2) is 41.2 Å². The summed E-state index contributed by atoms with van der Waals surface area (Å²) < 4.78 is 24.3. The molecule has 178 valence electrons. The van der Waals surface area contributed by atoms with Crippen molar-refractivity contribution in [1.29, 1.82) is 0 Å². The maximum atomic E-state index is 13.1. The van der Waals surface area contributed by atoms with Gasteiger partial charge < -0.3 is 14.6 Å². The van der Waals surface area contributed by atoms with E-state index in [0.717, 1.165) is 26.9 Å². The molecule has 0 aliphatic carbocycles. The lowest BCUT2D eigenvalue weighted by molar-refractivity contribution is 0.184. The zero-order valence-corrected chi connectivity index (χ0v) is 19.9. The fraction of sp³-hybridized carbons (Fsp3) is 0.348. The van der Waals surface area contributed by atoms with E-state index in [1.54, 1.807) is 33.4 Å². The minimum Gasteiger partial charge on any atom is -0.380 e. The van der Waals surface area contributed by atoms with Crippen molar-refractivity contribution in [2.75, 3.05) is 25.6 Å². The predicted molar refractivity (Wildman–Crippen MR) is 128 cm³/mol. The molecule has 11 heteroatoms. The van der Waals surface area contributed by atoms with Crippen LogP contribution in [0.25, 0.3) is 21.3 Å². The van der Waals surface area contributed by atoms with Crippen LogP contribution in [-0.2, 0) is 23.2 Å². The zero-order valence-electron chi connectivity index (χ0n) is 19.1. The smallest absolute Gasteiger partial charge is 0.321 e. The number of fused-ring (bicyclic) bond motifs is 1. The molecule has 0 saturated carbocycles. The molecule has 0 saturated heterocycles. The molecule has 0 aliphatic rings. The first-order valence-corrected chi connectivity index (χ1v) is 11.5. The Balaban J connectivity index is 1.35. The number of ether oxygens (including phenoxy) is 1. The summed E-state index contributed by atoms with van der Waals surface area (Å²) in [4.78, 5) is 25.2. The third-order valence-electron chi connectivity index (χ3n) is 5.06. The highest BCUT2D eigenvalue weighted by Gasteiger charge is 2.27. The standard InChI is InChI=1S/C23H25FN6O3S/c1-23(2,13-24)20-28-19(30-33-20)6-7-26-21(31)29-22-27-17-5-4-15(9-18(17)34-22)16-8-14(12-32-3)10-25-11-16/h4-5,8-11H,6-7,12-13H2,1-3H3,(H2,26,27,29,31). The maximum absolute atomic E-state index is 13.1. The molecule has 3 aromatic heterocycles. The SMILES string of the molecule is COCc1cncc(-c2ccc3nc(NC(=O)NCCc4noc(C(C)(C)CF)n4)sc3c2)c1. The van der Waals surface area contributed by atoms with E-state index in [1.165, 1.54) is 11.3 Å². The number of anilines is 1. The van der Waals surface area contributed by atoms with E-state index in [-0.39, 0.29) is 11.9 Å². The first-order chi connectivity index (χ1) is 16.4. The lowest BCUT2D eigenvalue weighted by Gasteiger charge is -2.13. The number of pyridine rings is 1. The summed E-state index contributed by atoms with van der Waals surface area (Å²) in [5.74, 6) is 0.651. The molecule has 4 rings (SSSR count). The second kappa shape index (κ2) is 10.2. The highest BCUT2D eigenvalue weighted by atomic mass is 32.1. The van der Waals surface area contributed by atoms with Crippen molar-refractivity contribution >= 4 is 32.7 Å². The Kier molecular flexibility index (Phi) is 7.13. The Morgan fingerprint density at radius 1 is 1.21 bits per heavy atom. The fourth-order valence-corrected chi connectivity index (χ4v) is 4.07. The molecule has 2 amide bonds. The predicted octanol–water partition coefficient (Wildman–Crippen LogP) is 4.50. The molecule has 4 aromatic rings. The monoisotopic (exact) mass is 484 g/mol. The number of rotatable bonds is 9. The van der Waals surface area contributed by atoms with Crippen LogP contribution in [0.5, 0.6) is 0 Å². The van der Waals surface area contributed by atoms with Gasteiger partial charge in [0.1, 0.15) is 6.67 Å². The summed E-state index contributed by atoms with van der Waals surface area (Å²) in [7, 11) is 1.65. The van der Waals surface area contributed by atoms with Gasteiger partial charge in [0, 0.05) is 38.0 Å². The van der Waals surface area contributed by atoms with Crippen molar-refractivity contribution in [3.63, 3.8) is 0 Å². The molecule has 0 fully saturated rings. The van der Waals surface area contributed by atoms with Crippen molar-refractivity contribution in [2.45, 2.75) is 32.3 Å². The van der Waals surface area contributed by atoms with Crippen LogP contribution in [0.2, 0.25) is 0 Å². The Bertz CT molecular complexity index is 1290. The van der Waals surface area contributed by atoms with Crippen molar-refractivity contribution in [3.8, 4) is 11.1 Å². The van der Waals surface area contributed by atoms with Crippen LogP contribution in [0.1, 0.15) is 31.1 Å². The molecule has 0 radical (unpaired) electrons. The van der Waals surface area contributed by atoms with Gasteiger partial charge in [-0.2, -0.15) is 4.98 Å². The molecular formula is C23H25FN6O3S. The van der Waals surface area contributed by atoms with E-state index in [9.17, 15) is 9.18 Å². The number of benzene rings is 1. The summed E-state index contributed by atoms with van der Waals surface area (Å²) in [5, 5.41) is 9.83. The number of carbonyl (C=O) groups excluding carboxylic acids is 1. The molecule has 0 aliphatic heterocycles. The first kappa shape index (κ1) is 23.7. The Morgan fingerprint density at radius 2 is 2.06 bits per heavy atom. The van der Waals surface area contributed by atoms with E-state index in [0.29, 0.717) is 30.5 Å². The summed E-state index contributed by atoms with van der Waals surface area (Å²) in [6.07, 6.45) is 3.94. The minimum atomic E-state index is -0.827. The number of aromatic nitrogens is 4. The van der Waals surface area contributed by atoms with E-state index in [4.69, 9.17) is 9.26 Å². The molecule has 0 spiro atoms. The molecule has 3 heterocycles. The van der Waals surface area contributed by atoms with Crippen molar-refractivity contribution in [3.05, 3.63) is 53.9 Å². The van der Waals surface area contributed by atoms with Crippen LogP contribution in [0.3, 0.4) is 0 Å². The van der Waals surface area contributed by atoms with E-state index >= 15 is 0 Å². The Hall–Kier alpha value is -3.44. The summed E-state index contributed by atoms with van der Waals surface area (Å²) in [6, 6.07) is 7.57. The average molecular weight is 485 g/mol. The van der Waals surface area contributed by atoms with Gasteiger partial charge in [-0.25, -0.2) is 14.2 Å². The number of nitrogens with zero attached hydrogens (tertiary/aromatic N) is 4. The van der Waals surface area contributed by atoms with E-state index in [2.05, 4.69) is 30.7 Å². The fourth-order valence-electron chi connectivity index (χ4n) is 3.17. The Labute approximate surface area is 199 Å². The lowest BCUT2D eigenvalue weighted by atomic mass is 9.96. The molecular weight excluding hydrogens is 459 g/mol. The summed E-state index contributed by atoms with van der Waals surface area (Å²) in [5.41, 5.74) is 2.95. The van der Waals surface area contributed by atoms with Crippen molar-refractivity contribution < 1.29 is 18.4 Å². The lowest BCUT2D eigenvalue weighted by Crippen LogP contribution is -2.30. The third-order valence-corrected chi connectivity index (χ3v) is 6.00. The highest BCUT2D eigenvalue weighted by Crippen LogP contribution is 2.30. The van der Waals surface area contributed by atoms with Crippen LogP contribution in [-0.4, -0.2) is 46.5 Å². The minimum absolute atomic E-state index is 0.240. The molecule has 34 heavy (non-hydrogen) atoms. The van der Waals surface area contributed by atoms with Gasteiger partial charge in [0.2, 0.25) is 5.89 Å². The molecule has 0 bridgehead atoms. The average Bonchev–Trinajstić information content (AvgIpc) is 3.46. The second-order valence-electron chi connectivity index (χ2n) is 8.38.